The Hall–Kier alpha value is -4.60. The number of hydrogen-bond donors (Lipinski definition) is 1. The van der Waals surface area contributed by atoms with Crippen molar-refractivity contribution in [2.75, 3.05) is 0 Å². The number of aromatic nitrogens is 4. The van der Waals surface area contributed by atoms with Gasteiger partial charge in [0.15, 0.2) is 0 Å². The van der Waals surface area contributed by atoms with E-state index >= 15 is 0 Å². The molecule has 210 valence electrons. The maximum Gasteiger partial charge on any atom is 0.0737 e. The van der Waals surface area contributed by atoms with Crippen LogP contribution in [-0.2, 0) is 0 Å². The summed E-state index contributed by atoms with van der Waals surface area (Å²) in [6, 6.07) is 19.5. The zero-order valence-electron chi connectivity index (χ0n) is 23.1. The smallest absolute Gasteiger partial charge is 0.0737 e. The van der Waals surface area contributed by atoms with Gasteiger partial charge < -0.3 is 9.55 Å². The standard InChI is InChI=1S/C36H22N4S4/c1-2-27-16-28-5-6-31(39-28)33(22-7-11-41-18-22)36-35(24-9-13-43-20-24)34(23-8-12-42-19-23)32(40(36)30-10-14-44-21-30)17-29-4-3-26(38-29)15-25(1)37-27/h1-21,37H. The van der Waals surface area contributed by atoms with Crippen LogP contribution < -0.4 is 0 Å². The first-order valence-electron chi connectivity index (χ1n) is 14.1. The molecule has 0 aromatic carbocycles. The van der Waals surface area contributed by atoms with Crippen LogP contribution >= 0.6 is 45.3 Å². The summed E-state index contributed by atoms with van der Waals surface area (Å²) < 4.78 is 2.43. The minimum atomic E-state index is 0.914. The highest BCUT2D eigenvalue weighted by Gasteiger charge is 2.26. The SMILES string of the molecule is C1=Cc2cc3c(-c4ccsc4)c(-c4ccsc4)c(c(-c4ccsc4)c4nc(cc5ccc(cc1n2)[nH]5)C=C4)n3-c1ccsc1. The average Bonchev–Trinajstić information content (AvgIpc) is 3.87. The Labute approximate surface area is 269 Å². The maximum absolute atomic E-state index is 5.25. The minimum Gasteiger partial charge on any atom is -0.355 e. The molecule has 0 unspecified atom stereocenters. The van der Waals surface area contributed by atoms with E-state index < -0.39 is 0 Å². The largest absolute Gasteiger partial charge is 0.355 e. The quantitative estimate of drug-likeness (QED) is 0.208. The van der Waals surface area contributed by atoms with Crippen LogP contribution in [0.3, 0.4) is 0 Å². The van der Waals surface area contributed by atoms with Crippen molar-refractivity contribution in [1.29, 1.82) is 0 Å². The lowest BCUT2D eigenvalue weighted by atomic mass is 9.96. The van der Waals surface area contributed by atoms with E-state index in [0.717, 1.165) is 61.7 Å². The topological polar surface area (TPSA) is 46.5 Å². The Morgan fingerprint density at radius 2 is 1.09 bits per heavy atom. The van der Waals surface area contributed by atoms with Crippen molar-refractivity contribution in [2.24, 2.45) is 0 Å². The van der Waals surface area contributed by atoms with E-state index in [1.165, 1.54) is 22.3 Å². The predicted octanol–water partition coefficient (Wildman–Crippen LogP) is 11.4. The molecular weight excluding hydrogens is 617 g/mol. The lowest BCUT2D eigenvalue weighted by molar-refractivity contribution is 1.18. The molecule has 0 amide bonds. The van der Waals surface area contributed by atoms with Gasteiger partial charge >= 0.3 is 0 Å². The van der Waals surface area contributed by atoms with Gasteiger partial charge in [0, 0.05) is 33.1 Å². The van der Waals surface area contributed by atoms with Crippen LogP contribution in [0.5, 0.6) is 0 Å². The maximum atomic E-state index is 5.25. The third kappa shape index (κ3) is 4.38. The van der Waals surface area contributed by atoms with Crippen molar-refractivity contribution in [1.82, 2.24) is 19.5 Å². The van der Waals surface area contributed by atoms with Crippen molar-refractivity contribution in [3.05, 3.63) is 120 Å². The number of fused-ring (bicyclic) bond motifs is 8. The van der Waals surface area contributed by atoms with E-state index in [2.05, 4.69) is 131 Å². The van der Waals surface area contributed by atoms with Crippen LogP contribution in [-0.4, -0.2) is 19.5 Å². The van der Waals surface area contributed by atoms with Crippen LogP contribution in [0.15, 0.2) is 97.6 Å². The third-order valence-corrected chi connectivity index (χ3v) is 10.6. The van der Waals surface area contributed by atoms with Crippen LogP contribution in [0.4, 0.5) is 0 Å². The Balaban J connectivity index is 1.60. The van der Waals surface area contributed by atoms with Crippen molar-refractivity contribution < 1.29 is 0 Å². The molecule has 2 aliphatic heterocycles. The number of H-pyrrole nitrogens is 1. The molecule has 0 saturated heterocycles. The second-order valence-corrected chi connectivity index (χ2v) is 13.7. The van der Waals surface area contributed by atoms with Gasteiger partial charge in [-0.05, 0) is 133 Å². The molecule has 0 saturated carbocycles. The molecule has 8 heteroatoms. The molecule has 8 bridgehead atoms. The van der Waals surface area contributed by atoms with Crippen LogP contribution in [0.1, 0.15) is 22.8 Å². The van der Waals surface area contributed by atoms with E-state index in [0.29, 0.717) is 0 Å². The first kappa shape index (κ1) is 25.9. The van der Waals surface area contributed by atoms with Gasteiger partial charge in [-0.15, -0.1) is 0 Å². The Bertz CT molecular complexity index is 2370. The highest BCUT2D eigenvalue weighted by molar-refractivity contribution is 7.09. The summed E-state index contributed by atoms with van der Waals surface area (Å²) in [7, 11) is 0. The number of thiophene rings is 4. The van der Waals surface area contributed by atoms with Crippen molar-refractivity contribution in [3.63, 3.8) is 0 Å². The summed E-state index contributed by atoms with van der Waals surface area (Å²) in [5, 5.41) is 17.6. The van der Waals surface area contributed by atoms with E-state index in [-0.39, 0.29) is 0 Å². The van der Waals surface area contributed by atoms with Crippen LogP contribution in [0.2, 0.25) is 0 Å². The molecule has 9 rings (SSSR count). The highest BCUT2D eigenvalue weighted by atomic mass is 32.1. The van der Waals surface area contributed by atoms with Gasteiger partial charge in [-0.3, -0.25) is 0 Å². The summed E-state index contributed by atoms with van der Waals surface area (Å²) in [4.78, 5) is 13.8. The van der Waals surface area contributed by atoms with Crippen molar-refractivity contribution in [2.45, 2.75) is 0 Å². The third-order valence-electron chi connectivity index (χ3n) is 7.86. The summed E-state index contributed by atoms with van der Waals surface area (Å²) in [6.07, 6.45) is 8.47. The first-order valence-corrected chi connectivity index (χ1v) is 17.8. The number of nitrogens with one attached hydrogen (secondary N) is 1. The summed E-state index contributed by atoms with van der Waals surface area (Å²) in [5.74, 6) is 0. The molecule has 44 heavy (non-hydrogen) atoms. The second kappa shape index (κ2) is 10.5. The molecule has 9 heterocycles. The fourth-order valence-electron chi connectivity index (χ4n) is 6.03. The van der Waals surface area contributed by atoms with E-state index in [9.17, 15) is 0 Å². The Morgan fingerprint density at radius 3 is 1.73 bits per heavy atom. The van der Waals surface area contributed by atoms with E-state index in [1.54, 1.807) is 45.3 Å². The monoisotopic (exact) mass is 638 g/mol. The fourth-order valence-corrected chi connectivity index (χ4v) is 8.59. The van der Waals surface area contributed by atoms with Crippen molar-refractivity contribution >= 4 is 91.7 Å². The molecular formula is C36H22N4S4. The molecule has 4 nitrogen and oxygen atoms in total. The first-order chi connectivity index (χ1) is 21.8. The molecule has 0 aliphatic carbocycles. The molecule has 7 aromatic rings. The van der Waals surface area contributed by atoms with Gasteiger partial charge in [-0.2, -0.15) is 45.3 Å². The van der Waals surface area contributed by atoms with Gasteiger partial charge in [0.05, 0.1) is 39.5 Å². The van der Waals surface area contributed by atoms with E-state index in [1.807, 2.05) is 0 Å². The number of nitrogens with zero attached hydrogens (tertiary/aromatic N) is 3. The predicted molar refractivity (Wildman–Crippen MR) is 192 cm³/mol. The average molecular weight is 639 g/mol. The number of aromatic amines is 1. The lowest BCUT2D eigenvalue weighted by Gasteiger charge is -2.10. The number of rotatable bonds is 4. The second-order valence-electron chi connectivity index (χ2n) is 10.6. The van der Waals surface area contributed by atoms with Gasteiger partial charge in [0.25, 0.3) is 0 Å². The zero-order chi connectivity index (χ0) is 29.0. The van der Waals surface area contributed by atoms with Gasteiger partial charge in [0.2, 0.25) is 0 Å². The molecule has 0 radical (unpaired) electrons. The van der Waals surface area contributed by atoms with Crippen molar-refractivity contribution in [3.8, 4) is 39.1 Å². The van der Waals surface area contributed by atoms with Gasteiger partial charge in [-0.1, -0.05) is 0 Å². The Morgan fingerprint density at radius 1 is 0.523 bits per heavy atom. The lowest BCUT2D eigenvalue weighted by Crippen LogP contribution is -1.95. The highest BCUT2D eigenvalue weighted by Crippen LogP contribution is 2.48. The fraction of sp³-hybridized carbons (Fsp3) is 0. The number of hydrogen-bond acceptors (Lipinski definition) is 6. The molecule has 0 fully saturated rings. The molecule has 1 N–H and O–H groups in total. The Kier molecular flexibility index (Phi) is 6.19. The summed E-state index contributed by atoms with van der Waals surface area (Å²) in [6.45, 7) is 0. The minimum absolute atomic E-state index is 0.914. The van der Waals surface area contributed by atoms with E-state index in [4.69, 9.17) is 9.97 Å². The van der Waals surface area contributed by atoms with Crippen LogP contribution in [0.25, 0.3) is 85.4 Å². The summed E-state index contributed by atoms with van der Waals surface area (Å²) in [5.41, 5.74) is 16.1. The zero-order valence-corrected chi connectivity index (χ0v) is 26.4. The molecule has 0 atom stereocenters. The summed E-state index contributed by atoms with van der Waals surface area (Å²) >= 11 is 6.86. The van der Waals surface area contributed by atoms with Crippen LogP contribution in [0, 0.1) is 0 Å². The normalized spacial score (nSPS) is 12.4. The molecule has 0 spiro atoms. The van der Waals surface area contributed by atoms with Gasteiger partial charge in [-0.25, -0.2) is 9.97 Å². The molecule has 7 aromatic heterocycles. The van der Waals surface area contributed by atoms with Gasteiger partial charge in [0.1, 0.15) is 0 Å². The molecule has 2 aliphatic rings.